The molecule has 0 amide bonds. The molecule has 1 aromatic heterocycles. The lowest BCUT2D eigenvalue weighted by molar-refractivity contribution is -0.686. The highest BCUT2D eigenvalue weighted by Gasteiger charge is 2.13. The number of quaternary nitrogens is 1. The second kappa shape index (κ2) is 9.40. The van der Waals surface area contributed by atoms with Gasteiger partial charge in [-0.05, 0) is 30.7 Å². The van der Waals surface area contributed by atoms with Gasteiger partial charge in [-0.15, -0.1) is 0 Å². The highest BCUT2D eigenvalue weighted by atomic mass is 35.5. The van der Waals surface area contributed by atoms with Gasteiger partial charge in [-0.3, -0.25) is 4.98 Å². The Morgan fingerprint density at radius 2 is 1.78 bits per heavy atom. The lowest BCUT2D eigenvalue weighted by atomic mass is 10.1. The molecule has 0 atom stereocenters. The molecule has 0 bridgehead atoms. The normalized spacial score (nSPS) is 10.6. The molecule has 0 aliphatic rings. The SMILES string of the molecule is COc1cc(C[NH2+]Cc2cccnc2)cc(Cl)c1OCc1ccc(C)cc1. The van der Waals surface area contributed by atoms with E-state index in [1.165, 1.54) is 11.1 Å². The van der Waals surface area contributed by atoms with Gasteiger partial charge in [0.05, 0.1) is 12.1 Å². The summed E-state index contributed by atoms with van der Waals surface area (Å²) in [5, 5.41) is 2.76. The number of rotatable bonds is 8. The molecule has 0 fully saturated rings. The van der Waals surface area contributed by atoms with Crippen LogP contribution in [0.25, 0.3) is 0 Å². The van der Waals surface area contributed by atoms with Crippen molar-refractivity contribution in [3.8, 4) is 11.5 Å². The number of ether oxygens (including phenoxy) is 2. The molecule has 5 heteroatoms. The topological polar surface area (TPSA) is 48.0 Å². The van der Waals surface area contributed by atoms with Crippen molar-refractivity contribution in [2.75, 3.05) is 7.11 Å². The molecule has 2 aromatic carbocycles. The summed E-state index contributed by atoms with van der Waals surface area (Å²) in [5.74, 6) is 1.23. The summed E-state index contributed by atoms with van der Waals surface area (Å²) in [4.78, 5) is 4.14. The van der Waals surface area contributed by atoms with Crippen LogP contribution in [0, 0.1) is 6.92 Å². The third-order valence-corrected chi connectivity index (χ3v) is 4.56. The van der Waals surface area contributed by atoms with Gasteiger partial charge < -0.3 is 14.8 Å². The molecule has 0 radical (unpaired) electrons. The molecule has 0 saturated carbocycles. The van der Waals surface area contributed by atoms with E-state index in [1.807, 2.05) is 24.4 Å². The van der Waals surface area contributed by atoms with E-state index < -0.39 is 0 Å². The molecule has 2 N–H and O–H groups in total. The number of benzene rings is 2. The summed E-state index contributed by atoms with van der Waals surface area (Å²) < 4.78 is 11.4. The second-order valence-corrected chi connectivity index (χ2v) is 6.85. The minimum absolute atomic E-state index is 0.447. The molecule has 0 spiro atoms. The van der Waals surface area contributed by atoms with Crippen molar-refractivity contribution in [2.45, 2.75) is 26.6 Å². The fourth-order valence-corrected chi connectivity index (χ4v) is 3.08. The molecule has 0 saturated heterocycles. The standard InChI is InChI=1S/C22H23ClN2O2/c1-16-5-7-17(8-6-16)15-27-22-20(23)10-19(11-21(22)26-2)14-25-13-18-4-3-9-24-12-18/h3-12,25H,13-15H2,1-2H3/p+1. The zero-order valence-electron chi connectivity index (χ0n) is 15.6. The summed E-state index contributed by atoms with van der Waals surface area (Å²) in [6, 6.07) is 16.2. The highest BCUT2D eigenvalue weighted by Crippen LogP contribution is 2.36. The lowest BCUT2D eigenvalue weighted by Gasteiger charge is -2.14. The molecule has 27 heavy (non-hydrogen) atoms. The zero-order valence-corrected chi connectivity index (χ0v) is 16.4. The van der Waals surface area contributed by atoms with E-state index in [0.29, 0.717) is 23.1 Å². The van der Waals surface area contributed by atoms with Crippen molar-refractivity contribution in [3.63, 3.8) is 0 Å². The largest absolute Gasteiger partial charge is 0.493 e. The molecule has 140 valence electrons. The Kier molecular flexibility index (Phi) is 6.69. The number of halogens is 1. The predicted molar refractivity (Wildman–Crippen MR) is 107 cm³/mol. The first-order chi connectivity index (χ1) is 13.2. The molecule has 1 heterocycles. The average molecular weight is 384 g/mol. The van der Waals surface area contributed by atoms with Gasteiger partial charge in [0.15, 0.2) is 11.5 Å². The number of aryl methyl sites for hydroxylation is 1. The summed E-state index contributed by atoms with van der Waals surface area (Å²) in [5.41, 5.74) is 4.59. The summed E-state index contributed by atoms with van der Waals surface area (Å²) >= 11 is 6.47. The maximum absolute atomic E-state index is 6.47. The van der Waals surface area contributed by atoms with Gasteiger partial charge in [0.1, 0.15) is 19.7 Å². The molecule has 0 unspecified atom stereocenters. The Bertz CT molecular complexity index is 867. The number of pyridine rings is 1. The minimum atomic E-state index is 0.447. The van der Waals surface area contributed by atoms with Crippen LogP contribution in [0.4, 0.5) is 0 Å². The Morgan fingerprint density at radius 3 is 2.48 bits per heavy atom. The first kappa shape index (κ1) is 19.2. The van der Waals surface area contributed by atoms with Gasteiger partial charge >= 0.3 is 0 Å². The van der Waals surface area contributed by atoms with E-state index in [4.69, 9.17) is 21.1 Å². The molecule has 0 aliphatic heterocycles. The maximum atomic E-state index is 6.47. The Labute approximate surface area is 165 Å². The van der Waals surface area contributed by atoms with Crippen LogP contribution in [0.2, 0.25) is 5.02 Å². The third-order valence-electron chi connectivity index (χ3n) is 4.28. The third kappa shape index (κ3) is 5.46. The van der Waals surface area contributed by atoms with Crippen LogP contribution in [0.1, 0.15) is 22.3 Å². The Hall–Kier alpha value is -2.56. The van der Waals surface area contributed by atoms with Crippen LogP contribution in [-0.4, -0.2) is 12.1 Å². The summed E-state index contributed by atoms with van der Waals surface area (Å²) in [6.07, 6.45) is 3.66. The van der Waals surface area contributed by atoms with Crippen LogP contribution in [0.5, 0.6) is 11.5 Å². The monoisotopic (exact) mass is 383 g/mol. The number of nitrogens with two attached hydrogens (primary N) is 1. The fourth-order valence-electron chi connectivity index (χ4n) is 2.80. The van der Waals surface area contributed by atoms with E-state index in [0.717, 1.165) is 24.2 Å². The van der Waals surface area contributed by atoms with Crippen LogP contribution < -0.4 is 14.8 Å². The number of hydrogen-bond donors (Lipinski definition) is 1. The van der Waals surface area contributed by atoms with Gasteiger partial charge in [0.2, 0.25) is 0 Å². The quantitative estimate of drug-likeness (QED) is 0.641. The first-order valence-corrected chi connectivity index (χ1v) is 9.29. The molecule has 0 aliphatic carbocycles. The summed E-state index contributed by atoms with van der Waals surface area (Å²) in [7, 11) is 1.63. The van der Waals surface area contributed by atoms with Crippen LogP contribution in [0.3, 0.4) is 0 Å². The van der Waals surface area contributed by atoms with Crippen molar-refractivity contribution in [1.29, 1.82) is 0 Å². The lowest BCUT2D eigenvalue weighted by Crippen LogP contribution is -2.80. The summed E-state index contributed by atoms with van der Waals surface area (Å²) in [6.45, 7) is 4.17. The molecular weight excluding hydrogens is 360 g/mol. The van der Waals surface area contributed by atoms with Crippen molar-refractivity contribution in [2.24, 2.45) is 0 Å². The highest BCUT2D eigenvalue weighted by molar-refractivity contribution is 6.32. The average Bonchev–Trinajstić information content (AvgIpc) is 2.69. The van der Waals surface area contributed by atoms with Gasteiger partial charge in [0.25, 0.3) is 0 Å². The van der Waals surface area contributed by atoms with Crippen LogP contribution in [0.15, 0.2) is 60.9 Å². The fraction of sp³-hybridized carbons (Fsp3) is 0.227. The predicted octanol–water partition coefficient (Wildman–Crippen LogP) is 3.89. The van der Waals surface area contributed by atoms with E-state index in [-0.39, 0.29) is 0 Å². The number of aromatic nitrogens is 1. The second-order valence-electron chi connectivity index (χ2n) is 6.44. The van der Waals surface area contributed by atoms with Gasteiger partial charge in [-0.1, -0.05) is 47.5 Å². The Balaban J connectivity index is 1.64. The van der Waals surface area contributed by atoms with Gasteiger partial charge in [-0.2, -0.15) is 0 Å². The zero-order chi connectivity index (χ0) is 19.1. The number of methoxy groups -OCH3 is 1. The van der Waals surface area contributed by atoms with Gasteiger partial charge in [-0.25, -0.2) is 0 Å². The molecule has 4 nitrogen and oxygen atoms in total. The van der Waals surface area contributed by atoms with Crippen molar-refractivity contribution in [1.82, 2.24) is 4.98 Å². The molecular formula is C22H24ClN2O2+. The molecule has 3 aromatic rings. The van der Waals surface area contributed by atoms with E-state index >= 15 is 0 Å². The van der Waals surface area contributed by atoms with Crippen LogP contribution in [-0.2, 0) is 19.7 Å². The van der Waals surface area contributed by atoms with Crippen LogP contribution >= 0.6 is 11.6 Å². The number of hydrogen-bond acceptors (Lipinski definition) is 3. The van der Waals surface area contributed by atoms with Crippen molar-refractivity contribution < 1.29 is 14.8 Å². The maximum Gasteiger partial charge on any atom is 0.180 e. The van der Waals surface area contributed by atoms with E-state index in [2.05, 4.69) is 47.6 Å². The smallest absolute Gasteiger partial charge is 0.180 e. The number of nitrogens with zero attached hydrogens (tertiary/aromatic N) is 1. The Morgan fingerprint density at radius 1 is 1.00 bits per heavy atom. The van der Waals surface area contributed by atoms with Crippen molar-refractivity contribution in [3.05, 3.63) is 88.2 Å². The van der Waals surface area contributed by atoms with Gasteiger partial charge in [0, 0.05) is 23.5 Å². The first-order valence-electron chi connectivity index (χ1n) is 8.91. The van der Waals surface area contributed by atoms with E-state index in [1.54, 1.807) is 13.3 Å². The molecule has 3 rings (SSSR count). The van der Waals surface area contributed by atoms with E-state index in [9.17, 15) is 0 Å². The minimum Gasteiger partial charge on any atom is -0.493 e. The van der Waals surface area contributed by atoms with Crippen molar-refractivity contribution >= 4 is 11.6 Å².